The van der Waals surface area contributed by atoms with Gasteiger partial charge in [-0.2, -0.15) is 0 Å². The molecule has 2 rings (SSSR count). The Hall–Kier alpha value is -0.120. The Labute approximate surface area is 131 Å². The molecule has 3 heteroatoms. The van der Waals surface area contributed by atoms with Gasteiger partial charge in [-0.3, -0.25) is 0 Å². The molecule has 0 bridgehead atoms. The van der Waals surface area contributed by atoms with Crippen LogP contribution in [0, 0.1) is 11.3 Å². The largest absolute Gasteiger partial charge is 0.381 e. The van der Waals surface area contributed by atoms with Crippen molar-refractivity contribution in [2.75, 3.05) is 39.9 Å². The van der Waals surface area contributed by atoms with Crippen molar-refractivity contribution in [2.45, 2.75) is 64.8 Å². The highest BCUT2D eigenvalue weighted by Crippen LogP contribution is 2.34. The van der Waals surface area contributed by atoms with Crippen molar-refractivity contribution in [3.63, 3.8) is 0 Å². The summed E-state index contributed by atoms with van der Waals surface area (Å²) in [6.45, 7) is 9.93. The van der Waals surface area contributed by atoms with E-state index in [0.717, 1.165) is 38.3 Å². The van der Waals surface area contributed by atoms with Gasteiger partial charge >= 0.3 is 0 Å². The third kappa shape index (κ3) is 4.94. The van der Waals surface area contributed by atoms with Crippen LogP contribution in [0.2, 0.25) is 0 Å². The third-order valence-corrected chi connectivity index (χ3v) is 5.91. The van der Waals surface area contributed by atoms with Crippen LogP contribution in [0.5, 0.6) is 0 Å². The highest BCUT2D eigenvalue weighted by atomic mass is 16.5. The minimum absolute atomic E-state index is 0.435. The fraction of sp³-hybridized carbons (Fsp3) is 1.00. The fourth-order valence-corrected chi connectivity index (χ4v) is 4.24. The predicted molar refractivity (Wildman–Crippen MR) is 89.7 cm³/mol. The van der Waals surface area contributed by atoms with E-state index >= 15 is 0 Å². The quantitative estimate of drug-likeness (QED) is 0.780. The molecule has 0 atom stereocenters. The van der Waals surface area contributed by atoms with Crippen molar-refractivity contribution >= 4 is 0 Å². The van der Waals surface area contributed by atoms with Crippen molar-refractivity contribution in [1.82, 2.24) is 10.2 Å². The average Bonchev–Trinajstić information content (AvgIpc) is 2.54. The number of rotatable bonds is 7. The van der Waals surface area contributed by atoms with Crippen LogP contribution >= 0.6 is 0 Å². The Kier molecular flexibility index (Phi) is 6.97. The minimum atomic E-state index is 0.435. The van der Waals surface area contributed by atoms with Gasteiger partial charge in [-0.25, -0.2) is 0 Å². The Morgan fingerprint density at radius 1 is 1.10 bits per heavy atom. The molecule has 0 unspecified atom stereocenters. The molecule has 0 aromatic carbocycles. The highest BCUT2D eigenvalue weighted by Gasteiger charge is 2.35. The van der Waals surface area contributed by atoms with E-state index < -0.39 is 0 Å². The molecule has 124 valence electrons. The topological polar surface area (TPSA) is 24.5 Å². The van der Waals surface area contributed by atoms with E-state index in [1.165, 1.54) is 51.5 Å². The van der Waals surface area contributed by atoms with Crippen LogP contribution in [0.3, 0.4) is 0 Å². The van der Waals surface area contributed by atoms with Crippen molar-refractivity contribution in [1.29, 1.82) is 0 Å². The summed E-state index contributed by atoms with van der Waals surface area (Å²) in [6.07, 6.45) is 9.50. The van der Waals surface area contributed by atoms with Gasteiger partial charge in [0.2, 0.25) is 0 Å². The number of ether oxygens (including phenoxy) is 1. The Morgan fingerprint density at radius 2 is 1.76 bits per heavy atom. The molecule has 1 aliphatic carbocycles. The number of hydrogen-bond donors (Lipinski definition) is 1. The second-order valence-electron chi connectivity index (χ2n) is 7.39. The van der Waals surface area contributed by atoms with Gasteiger partial charge in [0, 0.05) is 32.3 Å². The van der Waals surface area contributed by atoms with Crippen LogP contribution in [-0.4, -0.2) is 50.8 Å². The van der Waals surface area contributed by atoms with Crippen molar-refractivity contribution in [2.24, 2.45) is 11.3 Å². The molecule has 1 saturated heterocycles. The standard InChI is InChI=1S/C18H36N2O/c1-4-16-6-8-17(9-7-16)20(3)15-18(14-19-5-2)10-12-21-13-11-18/h16-17,19H,4-15H2,1-3H3. The van der Waals surface area contributed by atoms with E-state index in [4.69, 9.17) is 4.74 Å². The van der Waals surface area contributed by atoms with Crippen LogP contribution in [0.4, 0.5) is 0 Å². The maximum Gasteiger partial charge on any atom is 0.0472 e. The van der Waals surface area contributed by atoms with Crippen LogP contribution in [0.1, 0.15) is 58.8 Å². The summed E-state index contributed by atoms with van der Waals surface area (Å²) in [5.41, 5.74) is 0.435. The van der Waals surface area contributed by atoms with E-state index in [2.05, 4.69) is 31.1 Å². The summed E-state index contributed by atoms with van der Waals surface area (Å²) < 4.78 is 5.61. The zero-order valence-corrected chi connectivity index (χ0v) is 14.5. The van der Waals surface area contributed by atoms with Crippen LogP contribution in [-0.2, 0) is 4.74 Å². The molecule has 21 heavy (non-hydrogen) atoms. The summed E-state index contributed by atoms with van der Waals surface area (Å²) in [5, 5.41) is 3.60. The number of hydrogen-bond acceptors (Lipinski definition) is 3. The van der Waals surface area contributed by atoms with Crippen LogP contribution in [0.25, 0.3) is 0 Å². The zero-order chi connectivity index (χ0) is 15.1. The van der Waals surface area contributed by atoms with Gasteiger partial charge in [-0.15, -0.1) is 0 Å². The first-order chi connectivity index (χ1) is 10.2. The first kappa shape index (κ1) is 17.2. The lowest BCUT2D eigenvalue weighted by Gasteiger charge is -2.43. The van der Waals surface area contributed by atoms with Crippen molar-refractivity contribution in [3.05, 3.63) is 0 Å². The van der Waals surface area contributed by atoms with Gasteiger partial charge in [0.05, 0.1) is 0 Å². The molecule has 2 aliphatic rings. The first-order valence-corrected chi connectivity index (χ1v) is 9.18. The summed E-state index contributed by atoms with van der Waals surface area (Å²) in [4.78, 5) is 2.68. The van der Waals surface area contributed by atoms with Gasteiger partial charge in [0.1, 0.15) is 0 Å². The number of nitrogens with zero attached hydrogens (tertiary/aromatic N) is 1. The summed E-state index contributed by atoms with van der Waals surface area (Å²) in [6, 6.07) is 0.814. The van der Waals surface area contributed by atoms with E-state index in [1.807, 2.05) is 0 Å². The SMILES string of the molecule is CCNCC1(CN(C)C2CCC(CC)CC2)CCOCC1. The molecule has 3 nitrogen and oxygen atoms in total. The molecule has 1 heterocycles. The zero-order valence-electron chi connectivity index (χ0n) is 14.5. The Balaban J connectivity index is 1.87. The lowest BCUT2D eigenvalue weighted by atomic mass is 9.78. The molecule has 0 amide bonds. The van der Waals surface area contributed by atoms with E-state index in [0.29, 0.717) is 5.41 Å². The van der Waals surface area contributed by atoms with E-state index in [9.17, 15) is 0 Å². The van der Waals surface area contributed by atoms with E-state index in [1.54, 1.807) is 0 Å². The lowest BCUT2D eigenvalue weighted by Crippen LogP contribution is -2.49. The van der Waals surface area contributed by atoms with Gasteiger partial charge < -0.3 is 15.0 Å². The smallest absolute Gasteiger partial charge is 0.0472 e. The first-order valence-electron chi connectivity index (χ1n) is 9.18. The Morgan fingerprint density at radius 3 is 2.33 bits per heavy atom. The number of nitrogens with one attached hydrogen (secondary N) is 1. The maximum atomic E-state index is 5.61. The van der Waals surface area contributed by atoms with Crippen LogP contribution in [0.15, 0.2) is 0 Å². The van der Waals surface area contributed by atoms with Gasteiger partial charge in [0.15, 0.2) is 0 Å². The molecular weight excluding hydrogens is 260 g/mol. The van der Waals surface area contributed by atoms with Gasteiger partial charge in [-0.05, 0) is 63.5 Å². The summed E-state index contributed by atoms with van der Waals surface area (Å²) in [7, 11) is 2.36. The minimum Gasteiger partial charge on any atom is -0.381 e. The highest BCUT2D eigenvalue weighted by molar-refractivity contribution is 4.89. The molecule has 0 aromatic heterocycles. The predicted octanol–water partition coefficient (Wildman–Crippen LogP) is 3.29. The third-order valence-electron chi connectivity index (χ3n) is 5.91. The lowest BCUT2D eigenvalue weighted by molar-refractivity contribution is -0.0102. The molecule has 1 saturated carbocycles. The van der Waals surface area contributed by atoms with E-state index in [-0.39, 0.29) is 0 Å². The summed E-state index contributed by atoms with van der Waals surface area (Å²) >= 11 is 0. The molecule has 1 N–H and O–H groups in total. The average molecular weight is 296 g/mol. The Bertz CT molecular complexity index is 281. The van der Waals surface area contributed by atoms with Gasteiger partial charge in [-0.1, -0.05) is 20.3 Å². The normalized spacial score (nSPS) is 29.7. The maximum absolute atomic E-state index is 5.61. The van der Waals surface area contributed by atoms with Crippen LogP contribution < -0.4 is 5.32 Å². The molecule has 0 radical (unpaired) electrons. The molecule has 1 aliphatic heterocycles. The molecule has 0 aromatic rings. The molecule has 0 spiro atoms. The second-order valence-corrected chi connectivity index (χ2v) is 7.39. The van der Waals surface area contributed by atoms with Crippen molar-refractivity contribution < 1.29 is 4.74 Å². The fourth-order valence-electron chi connectivity index (χ4n) is 4.24. The van der Waals surface area contributed by atoms with Gasteiger partial charge in [0.25, 0.3) is 0 Å². The summed E-state index contributed by atoms with van der Waals surface area (Å²) in [5.74, 6) is 0.994. The second kappa shape index (κ2) is 8.50. The monoisotopic (exact) mass is 296 g/mol. The molecular formula is C18H36N2O. The molecule has 2 fully saturated rings. The van der Waals surface area contributed by atoms with Crippen molar-refractivity contribution in [3.8, 4) is 0 Å².